The van der Waals surface area contributed by atoms with E-state index in [2.05, 4.69) is 11.9 Å². The number of hydrogen-bond acceptors (Lipinski definition) is 18. The van der Waals surface area contributed by atoms with Crippen molar-refractivity contribution in [3.8, 4) is 0 Å². The van der Waals surface area contributed by atoms with Gasteiger partial charge in [0.25, 0.3) is 0 Å². The van der Waals surface area contributed by atoms with E-state index in [0.29, 0.717) is 13.0 Å². The second kappa shape index (κ2) is 20.7. The van der Waals surface area contributed by atoms with Crippen LogP contribution in [0.3, 0.4) is 0 Å². The Kier molecular flexibility index (Phi) is 17.8. The third-order valence-corrected chi connectivity index (χ3v) is 9.34. The van der Waals surface area contributed by atoms with Crippen LogP contribution in [0.25, 0.3) is 0 Å². The lowest BCUT2D eigenvalue weighted by Crippen LogP contribution is -2.66. The molecule has 0 bridgehead atoms. The molecule has 3 rings (SSSR count). The molecule has 3 saturated heterocycles. The second-order valence-corrected chi connectivity index (χ2v) is 12.9. The Morgan fingerprint density at radius 1 is 0.646 bits per heavy atom. The Balaban J connectivity index is 1.46. The van der Waals surface area contributed by atoms with Gasteiger partial charge in [-0.2, -0.15) is 11.8 Å². The number of ether oxygens (including phenoxy) is 6. The SMILES string of the molecule is C=CC(=O)NCCSCCCCCCO[C@@H]1O[C@H](CO)[C@@H](O[C@@H]2O[C@H](CO)[C@H](O[C@@H]3O[C@H](CO)[C@H](O)[C@H](O)[C@H]3O)[C@H](O)[C@H]2O)[C@H](O)[C@H]1O. The highest BCUT2D eigenvalue weighted by Crippen LogP contribution is 2.32. The molecule has 0 aromatic heterocycles. The lowest BCUT2D eigenvalue weighted by Gasteiger charge is -2.48. The van der Waals surface area contributed by atoms with Crippen LogP contribution in [0.2, 0.25) is 0 Å². The molecule has 15 atom stereocenters. The van der Waals surface area contributed by atoms with E-state index >= 15 is 0 Å². The van der Waals surface area contributed by atoms with Crippen molar-refractivity contribution in [3.05, 3.63) is 12.7 Å². The zero-order valence-electron chi connectivity index (χ0n) is 26.5. The number of aliphatic hydroxyl groups is 10. The van der Waals surface area contributed by atoms with E-state index < -0.39 is 112 Å². The number of carbonyl (C=O) groups excluding carboxylic acids is 1. The van der Waals surface area contributed by atoms with E-state index in [0.717, 1.165) is 30.8 Å². The molecule has 0 radical (unpaired) electrons. The standard InChI is InChI=1S/C29H51NO17S/c1-2-17(34)30-7-10-48-9-6-4-3-5-8-42-27-23(40)20(37)25(15(12-32)44-27)47-29-24(41)21(38)26(16(13-33)45-29)46-28-22(39)19(36)18(35)14(11-31)43-28/h2,14-16,18-29,31-33,35-41H,1,3-13H2,(H,30,34)/t14-,15-,16-,18+,19+,20-,21-,22-,23-,24-,25-,26+,27-,28+,29+/m1/s1. The number of thioether (sulfide) groups is 1. The minimum atomic E-state index is -1.91. The molecule has 0 spiro atoms. The van der Waals surface area contributed by atoms with E-state index in [9.17, 15) is 55.9 Å². The summed E-state index contributed by atoms with van der Waals surface area (Å²) in [5.74, 6) is 1.53. The highest BCUT2D eigenvalue weighted by atomic mass is 32.2. The van der Waals surface area contributed by atoms with Crippen molar-refractivity contribution >= 4 is 17.7 Å². The summed E-state index contributed by atoms with van der Waals surface area (Å²) >= 11 is 1.73. The van der Waals surface area contributed by atoms with Crippen LogP contribution in [-0.2, 0) is 33.2 Å². The van der Waals surface area contributed by atoms with Gasteiger partial charge in [-0.15, -0.1) is 0 Å². The first-order valence-electron chi connectivity index (χ1n) is 15.9. The van der Waals surface area contributed by atoms with Gasteiger partial charge < -0.3 is 84.8 Å². The average Bonchev–Trinajstić information content (AvgIpc) is 3.09. The molecule has 18 nitrogen and oxygen atoms in total. The van der Waals surface area contributed by atoms with Crippen LogP contribution in [0.5, 0.6) is 0 Å². The van der Waals surface area contributed by atoms with Crippen LogP contribution in [0, 0.1) is 0 Å². The van der Waals surface area contributed by atoms with E-state index in [1.807, 2.05) is 0 Å². The molecule has 0 saturated carbocycles. The van der Waals surface area contributed by atoms with E-state index in [1.165, 1.54) is 6.08 Å². The fraction of sp³-hybridized carbons (Fsp3) is 0.897. The molecular weight excluding hydrogens is 666 g/mol. The maximum Gasteiger partial charge on any atom is 0.243 e. The lowest BCUT2D eigenvalue weighted by molar-refractivity contribution is -0.379. The van der Waals surface area contributed by atoms with Crippen LogP contribution in [0.1, 0.15) is 25.7 Å². The minimum Gasteiger partial charge on any atom is -0.394 e. The van der Waals surface area contributed by atoms with Gasteiger partial charge in [-0.25, -0.2) is 0 Å². The number of amides is 1. The summed E-state index contributed by atoms with van der Waals surface area (Å²) in [5, 5.41) is 106. The molecule has 3 aliphatic rings. The van der Waals surface area contributed by atoms with Crippen molar-refractivity contribution in [3.63, 3.8) is 0 Å². The van der Waals surface area contributed by atoms with Crippen molar-refractivity contribution in [2.24, 2.45) is 0 Å². The number of unbranched alkanes of at least 4 members (excludes halogenated alkanes) is 3. The quantitative estimate of drug-likeness (QED) is 0.0441. The summed E-state index contributed by atoms with van der Waals surface area (Å²) in [6, 6.07) is 0. The van der Waals surface area contributed by atoms with Gasteiger partial charge in [0, 0.05) is 18.9 Å². The first-order valence-corrected chi connectivity index (χ1v) is 17.1. The molecule has 48 heavy (non-hydrogen) atoms. The molecule has 0 aliphatic carbocycles. The average molecular weight is 718 g/mol. The highest BCUT2D eigenvalue weighted by molar-refractivity contribution is 7.99. The Morgan fingerprint density at radius 2 is 1.15 bits per heavy atom. The maximum atomic E-state index is 11.1. The Morgan fingerprint density at radius 3 is 1.71 bits per heavy atom. The molecule has 0 aromatic carbocycles. The zero-order chi connectivity index (χ0) is 35.4. The van der Waals surface area contributed by atoms with E-state index in [1.54, 1.807) is 11.8 Å². The summed E-state index contributed by atoms with van der Waals surface area (Å²) in [5.41, 5.74) is 0. The summed E-state index contributed by atoms with van der Waals surface area (Å²) in [4.78, 5) is 11.1. The van der Waals surface area contributed by atoms with Crippen LogP contribution < -0.4 is 5.32 Å². The van der Waals surface area contributed by atoms with Crippen LogP contribution in [0.4, 0.5) is 0 Å². The zero-order valence-corrected chi connectivity index (χ0v) is 27.3. The monoisotopic (exact) mass is 717 g/mol. The van der Waals surface area contributed by atoms with Gasteiger partial charge >= 0.3 is 0 Å². The van der Waals surface area contributed by atoms with Crippen molar-refractivity contribution in [2.75, 3.05) is 44.5 Å². The molecule has 3 heterocycles. The third kappa shape index (κ3) is 11.0. The lowest BCUT2D eigenvalue weighted by atomic mass is 9.96. The van der Waals surface area contributed by atoms with Gasteiger partial charge in [0.2, 0.25) is 5.91 Å². The Hall–Kier alpha value is -1.08. The molecule has 3 aliphatic heterocycles. The summed E-state index contributed by atoms with van der Waals surface area (Å²) < 4.78 is 33.3. The number of nitrogens with one attached hydrogen (secondary N) is 1. The molecule has 11 N–H and O–H groups in total. The highest BCUT2D eigenvalue weighted by Gasteiger charge is 2.53. The fourth-order valence-corrected chi connectivity index (χ4v) is 6.32. The molecule has 1 amide bonds. The first kappa shape index (κ1) is 41.3. The normalized spacial score (nSPS) is 40.4. The van der Waals surface area contributed by atoms with Crippen LogP contribution in [0.15, 0.2) is 12.7 Å². The minimum absolute atomic E-state index is 0.198. The summed E-state index contributed by atoms with van der Waals surface area (Å²) in [6.07, 6.45) is -19.6. The van der Waals surface area contributed by atoms with Gasteiger partial charge in [0.15, 0.2) is 18.9 Å². The fourth-order valence-electron chi connectivity index (χ4n) is 5.46. The predicted octanol–water partition coefficient (Wildman–Crippen LogP) is -4.95. The van der Waals surface area contributed by atoms with Gasteiger partial charge in [0.1, 0.15) is 73.2 Å². The Labute approximate surface area is 282 Å². The van der Waals surface area contributed by atoms with Crippen molar-refractivity contribution in [2.45, 2.75) is 118 Å². The van der Waals surface area contributed by atoms with E-state index in [-0.39, 0.29) is 12.5 Å². The topological polar surface area (TPSA) is 287 Å². The van der Waals surface area contributed by atoms with Crippen molar-refractivity contribution in [1.82, 2.24) is 5.32 Å². The number of aliphatic hydroxyl groups excluding tert-OH is 10. The maximum absolute atomic E-state index is 11.1. The van der Waals surface area contributed by atoms with Gasteiger partial charge in [0.05, 0.1) is 19.8 Å². The summed E-state index contributed by atoms with van der Waals surface area (Å²) in [7, 11) is 0. The van der Waals surface area contributed by atoms with Gasteiger partial charge in [-0.3, -0.25) is 4.79 Å². The smallest absolute Gasteiger partial charge is 0.243 e. The molecule has 0 aromatic rings. The Bertz CT molecular complexity index is 949. The number of rotatable bonds is 19. The van der Waals surface area contributed by atoms with Crippen LogP contribution in [-0.4, -0.2) is 194 Å². The van der Waals surface area contributed by atoms with Crippen molar-refractivity contribution < 1.29 is 84.3 Å². The summed E-state index contributed by atoms with van der Waals surface area (Å²) in [6.45, 7) is 1.92. The third-order valence-electron chi connectivity index (χ3n) is 8.27. The van der Waals surface area contributed by atoms with Crippen molar-refractivity contribution in [1.29, 1.82) is 0 Å². The van der Waals surface area contributed by atoms with E-state index in [4.69, 9.17) is 28.4 Å². The molecule has 0 unspecified atom stereocenters. The number of carbonyl (C=O) groups is 1. The molecular formula is C29H51NO17S. The van der Waals surface area contributed by atoms with Crippen LogP contribution >= 0.6 is 11.8 Å². The molecule has 280 valence electrons. The molecule has 3 fully saturated rings. The first-order chi connectivity index (χ1) is 23.0. The molecule has 19 heteroatoms. The van der Waals surface area contributed by atoms with Gasteiger partial charge in [-0.1, -0.05) is 19.4 Å². The predicted molar refractivity (Wildman–Crippen MR) is 164 cm³/mol. The second-order valence-electron chi connectivity index (χ2n) is 11.7. The largest absolute Gasteiger partial charge is 0.394 e. The van der Waals surface area contributed by atoms with Gasteiger partial charge in [-0.05, 0) is 24.7 Å². The number of hydrogen-bond donors (Lipinski definition) is 11.